The molecule has 0 aromatic rings. The fourth-order valence-electron chi connectivity index (χ4n) is 1.43. The van der Waals surface area contributed by atoms with E-state index in [9.17, 15) is 14.7 Å². The quantitative estimate of drug-likeness (QED) is 0.711. The van der Waals surface area contributed by atoms with Crippen molar-refractivity contribution in [3.05, 3.63) is 0 Å². The molecule has 0 aliphatic rings. The molecule has 0 spiro atoms. The van der Waals surface area contributed by atoms with E-state index in [4.69, 9.17) is 4.74 Å². The Labute approximate surface area is 103 Å². The smallest absolute Gasteiger partial charge is 0.311 e. The molecule has 0 fully saturated rings. The van der Waals surface area contributed by atoms with Gasteiger partial charge in [-0.05, 0) is 26.7 Å². The summed E-state index contributed by atoms with van der Waals surface area (Å²) < 4.78 is 5.03. The van der Waals surface area contributed by atoms with Crippen molar-refractivity contribution in [1.82, 2.24) is 5.32 Å². The Morgan fingerprint density at radius 3 is 2.00 bits per heavy atom. The molecule has 0 atom stereocenters. The number of hydrogen-bond acceptors (Lipinski definition) is 3. The lowest BCUT2D eigenvalue weighted by atomic mass is 9.82. The number of nitrogens with one attached hydrogen (secondary N) is 1. The molecule has 0 aliphatic carbocycles. The summed E-state index contributed by atoms with van der Waals surface area (Å²) in [6.07, 6.45) is 0.957. The van der Waals surface area contributed by atoms with Crippen LogP contribution in [0, 0.1) is 5.41 Å². The minimum Gasteiger partial charge on any atom is -0.481 e. The van der Waals surface area contributed by atoms with Crippen molar-refractivity contribution < 1.29 is 19.4 Å². The van der Waals surface area contributed by atoms with Gasteiger partial charge in [0.2, 0.25) is 0 Å². The molecule has 0 heterocycles. The number of carboxylic acid groups (broad SMARTS) is 1. The summed E-state index contributed by atoms with van der Waals surface area (Å²) in [6.45, 7) is 7.03. The maximum absolute atomic E-state index is 11.8. The van der Waals surface area contributed by atoms with Gasteiger partial charge in [0.15, 0.2) is 0 Å². The predicted octanol–water partition coefficient (Wildman–Crippen LogP) is 1.42. The molecule has 1 amide bonds. The normalized spacial score (nSPS) is 12.3. The summed E-state index contributed by atoms with van der Waals surface area (Å²) in [6, 6.07) is 0. The zero-order chi connectivity index (χ0) is 13.7. The molecule has 0 aromatic carbocycles. The number of carbonyl (C=O) groups is 2. The maximum atomic E-state index is 11.8. The van der Waals surface area contributed by atoms with Crippen molar-refractivity contribution in [2.24, 2.45) is 5.41 Å². The van der Waals surface area contributed by atoms with Gasteiger partial charge in [-0.15, -0.1) is 0 Å². The van der Waals surface area contributed by atoms with Crippen LogP contribution in [0.15, 0.2) is 0 Å². The molecule has 5 heteroatoms. The number of ether oxygens (including phenoxy) is 1. The molecule has 0 radical (unpaired) electrons. The van der Waals surface area contributed by atoms with E-state index in [1.54, 1.807) is 13.8 Å². The van der Waals surface area contributed by atoms with Gasteiger partial charge in [-0.2, -0.15) is 0 Å². The molecule has 0 aromatic heterocycles. The van der Waals surface area contributed by atoms with Crippen LogP contribution in [-0.2, 0) is 14.3 Å². The fourth-order valence-corrected chi connectivity index (χ4v) is 1.43. The number of carbonyl (C=O) groups excluding carboxylic acids is 1. The Balaban J connectivity index is 4.63. The fraction of sp³-hybridized carbons (Fsp3) is 0.833. The molecule has 0 unspecified atom stereocenters. The number of carboxylic acids is 1. The second-order valence-corrected chi connectivity index (χ2v) is 4.69. The molecule has 5 nitrogen and oxygen atoms in total. The molecular weight excluding hydrogens is 222 g/mol. The van der Waals surface area contributed by atoms with E-state index in [1.807, 2.05) is 13.8 Å². The third-order valence-electron chi connectivity index (χ3n) is 3.45. The van der Waals surface area contributed by atoms with Gasteiger partial charge in [0, 0.05) is 13.7 Å². The van der Waals surface area contributed by atoms with Gasteiger partial charge in [-0.3, -0.25) is 9.59 Å². The van der Waals surface area contributed by atoms with Crippen LogP contribution in [0.3, 0.4) is 0 Å². The Bertz CT molecular complexity index is 282. The SMILES string of the molecule is CCC(CC)(CNC(=O)C(C)(C)OC)C(=O)O. The Hall–Kier alpha value is -1.10. The van der Waals surface area contributed by atoms with Gasteiger partial charge in [-0.25, -0.2) is 0 Å². The highest BCUT2D eigenvalue weighted by Crippen LogP contribution is 2.26. The van der Waals surface area contributed by atoms with Crippen molar-refractivity contribution in [2.75, 3.05) is 13.7 Å². The van der Waals surface area contributed by atoms with E-state index >= 15 is 0 Å². The molecule has 0 saturated carbocycles. The first kappa shape index (κ1) is 15.9. The number of rotatable bonds is 7. The first-order chi connectivity index (χ1) is 7.75. The van der Waals surface area contributed by atoms with Crippen molar-refractivity contribution in [3.63, 3.8) is 0 Å². The van der Waals surface area contributed by atoms with Crippen LogP contribution in [0.2, 0.25) is 0 Å². The van der Waals surface area contributed by atoms with Crippen LogP contribution >= 0.6 is 0 Å². The zero-order valence-electron chi connectivity index (χ0n) is 11.3. The van der Waals surface area contributed by atoms with E-state index in [2.05, 4.69) is 5.32 Å². The Kier molecular flexibility index (Phi) is 5.61. The van der Waals surface area contributed by atoms with Crippen LogP contribution in [0.1, 0.15) is 40.5 Å². The molecule has 17 heavy (non-hydrogen) atoms. The molecule has 0 aliphatic heterocycles. The van der Waals surface area contributed by atoms with Crippen molar-refractivity contribution in [1.29, 1.82) is 0 Å². The highest BCUT2D eigenvalue weighted by molar-refractivity contribution is 5.85. The van der Waals surface area contributed by atoms with E-state index in [0.717, 1.165) is 0 Å². The van der Waals surface area contributed by atoms with Crippen LogP contribution in [0.5, 0.6) is 0 Å². The van der Waals surface area contributed by atoms with Crippen molar-refractivity contribution in [3.8, 4) is 0 Å². The summed E-state index contributed by atoms with van der Waals surface area (Å²) in [7, 11) is 1.45. The van der Waals surface area contributed by atoms with Gasteiger partial charge in [0.05, 0.1) is 5.41 Å². The Morgan fingerprint density at radius 2 is 1.71 bits per heavy atom. The second-order valence-electron chi connectivity index (χ2n) is 4.69. The first-order valence-corrected chi connectivity index (χ1v) is 5.82. The van der Waals surface area contributed by atoms with Crippen LogP contribution in [0.4, 0.5) is 0 Å². The summed E-state index contributed by atoms with van der Waals surface area (Å²) in [4.78, 5) is 23.0. The number of aliphatic carboxylic acids is 1. The average molecular weight is 245 g/mol. The lowest BCUT2D eigenvalue weighted by molar-refractivity contribution is -0.150. The average Bonchev–Trinajstić information content (AvgIpc) is 2.30. The van der Waals surface area contributed by atoms with Crippen molar-refractivity contribution in [2.45, 2.75) is 46.1 Å². The van der Waals surface area contributed by atoms with E-state index in [1.165, 1.54) is 7.11 Å². The van der Waals surface area contributed by atoms with Gasteiger partial charge in [-0.1, -0.05) is 13.8 Å². The third kappa shape index (κ3) is 3.70. The molecule has 0 rings (SSSR count). The molecule has 2 N–H and O–H groups in total. The van der Waals surface area contributed by atoms with Gasteiger partial charge in [0.25, 0.3) is 5.91 Å². The van der Waals surface area contributed by atoms with Gasteiger partial charge >= 0.3 is 5.97 Å². The minimum atomic E-state index is -0.939. The largest absolute Gasteiger partial charge is 0.481 e. The molecule has 0 bridgehead atoms. The second kappa shape index (κ2) is 6.00. The van der Waals surface area contributed by atoms with E-state index in [0.29, 0.717) is 12.8 Å². The van der Waals surface area contributed by atoms with Crippen LogP contribution in [-0.4, -0.2) is 36.2 Å². The standard InChI is InChI=1S/C12H23NO4/c1-6-12(7-2,10(15)16)8-13-9(14)11(3,4)17-5/h6-8H2,1-5H3,(H,13,14)(H,15,16). The number of amides is 1. The Morgan fingerprint density at radius 1 is 1.24 bits per heavy atom. The summed E-state index contributed by atoms with van der Waals surface area (Å²) in [5.74, 6) is -1.18. The summed E-state index contributed by atoms with van der Waals surface area (Å²) in [5, 5.41) is 11.9. The van der Waals surface area contributed by atoms with Gasteiger partial charge < -0.3 is 15.2 Å². The monoisotopic (exact) mass is 245 g/mol. The summed E-state index contributed by atoms with van der Waals surface area (Å²) in [5.41, 5.74) is -1.83. The molecular formula is C12H23NO4. The highest BCUT2D eigenvalue weighted by Gasteiger charge is 2.37. The lowest BCUT2D eigenvalue weighted by Gasteiger charge is -2.29. The minimum absolute atomic E-state index is 0.126. The lowest BCUT2D eigenvalue weighted by Crippen LogP contribution is -2.49. The first-order valence-electron chi connectivity index (χ1n) is 5.82. The van der Waals surface area contributed by atoms with Crippen molar-refractivity contribution >= 4 is 11.9 Å². The number of hydrogen-bond donors (Lipinski definition) is 2. The topological polar surface area (TPSA) is 75.6 Å². The molecule has 0 saturated heterocycles. The molecule has 100 valence electrons. The number of methoxy groups -OCH3 is 1. The van der Waals surface area contributed by atoms with Crippen LogP contribution < -0.4 is 5.32 Å². The highest BCUT2D eigenvalue weighted by atomic mass is 16.5. The van der Waals surface area contributed by atoms with E-state index < -0.39 is 17.0 Å². The summed E-state index contributed by atoms with van der Waals surface area (Å²) >= 11 is 0. The maximum Gasteiger partial charge on any atom is 0.311 e. The van der Waals surface area contributed by atoms with Crippen LogP contribution in [0.25, 0.3) is 0 Å². The third-order valence-corrected chi connectivity index (χ3v) is 3.45. The zero-order valence-corrected chi connectivity index (χ0v) is 11.3. The van der Waals surface area contributed by atoms with Gasteiger partial charge in [0.1, 0.15) is 5.60 Å². The van der Waals surface area contributed by atoms with E-state index in [-0.39, 0.29) is 12.5 Å². The predicted molar refractivity (Wildman–Crippen MR) is 64.7 cm³/mol.